The number of nitrogens with zero attached hydrogens (tertiary/aromatic N) is 2. The number of aliphatic hydroxyl groups is 1. The number of rotatable bonds is 1. The monoisotopic (exact) mass is 260 g/mol. The molecule has 1 atom stereocenters. The van der Waals surface area contributed by atoms with Crippen LogP contribution in [0.25, 0.3) is 0 Å². The van der Waals surface area contributed by atoms with Gasteiger partial charge in [-0.2, -0.15) is 0 Å². The van der Waals surface area contributed by atoms with Crippen LogP contribution in [-0.4, -0.2) is 53.3 Å². The molecule has 0 bridgehead atoms. The Kier molecular flexibility index (Phi) is 4.50. The lowest BCUT2D eigenvalue weighted by atomic mass is 10.1. The summed E-state index contributed by atoms with van der Waals surface area (Å²) < 4.78 is 5.42. The van der Waals surface area contributed by atoms with Crippen molar-refractivity contribution in [3.8, 4) is 11.8 Å². The molecule has 1 aliphatic rings. The first-order valence-electron chi connectivity index (χ1n) is 6.17. The van der Waals surface area contributed by atoms with Crippen molar-refractivity contribution in [3.63, 3.8) is 0 Å². The zero-order valence-electron chi connectivity index (χ0n) is 10.8. The maximum Gasteiger partial charge on any atom is 0.255 e. The van der Waals surface area contributed by atoms with Crippen molar-refractivity contribution in [3.05, 3.63) is 29.6 Å². The maximum atomic E-state index is 12.4. The molecule has 100 valence electrons. The fourth-order valence-corrected chi connectivity index (χ4v) is 1.99. The first kappa shape index (κ1) is 13.5. The minimum atomic E-state index is -0.239. The van der Waals surface area contributed by atoms with E-state index >= 15 is 0 Å². The maximum absolute atomic E-state index is 12.4. The summed E-state index contributed by atoms with van der Waals surface area (Å²) in [6, 6.07) is 1.66. The number of carbonyl (C=O) groups excluding carboxylic acids is 1. The van der Waals surface area contributed by atoms with E-state index in [0.717, 1.165) is 0 Å². The Balaban J connectivity index is 2.23. The van der Waals surface area contributed by atoms with Crippen LogP contribution in [0.1, 0.15) is 22.8 Å². The third kappa shape index (κ3) is 3.31. The van der Waals surface area contributed by atoms with Crippen LogP contribution >= 0.6 is 0 Å². The van der Waals surface area contributed by atoms with Gasteiger partial charge in [0.2, 0.25) is 0 Å². The first-order chi connectivity index (χ1) is 9.22. The number of morpholine rings is 1. The zero-order chi connectivity index (χ0) is 13.7. The van der Waals surface area contributed by atoms with Crippen LogP contribution < -0.4 is 0 Å². The lowest BCUT2D eigenvalue weighted by Crippen LogP contribution is -2.44. The smallest absolute Gasteiger partial charge is 0.255 e. The molecule has 5 heteroatoms. The fourth-order valence-electron chi connectivity index (χ4n) is 1.99. The minimum absolute atomic E-state index is 0.0477. The van der Waals surface area contributed by atoms with Gasteiger partial charge in [0.15, 0.2) is 0 Å². The second-order valence-corrected chi connectivity index (χ2v) is 4.31. The highest BCUT2D eigenvalue weighted by molar-refractivity contribution is 5.96. The van der Waals surface area contributed by atoms with Crippen LogP contribution in [0.3, 0.4) is 0 Å². The molecule has 0 aliphatic carbocycles. The molecule has 1 aromatic heterocycles. The van der Waals surface area contributed by atoms with Gasteiger partial charge in [-0.25, -0.2) is 0 Å². The Morgan fingerprint density at radius 1 is 1.68 bits per heavy atom. The van der Waals surface area contributed by atoms with Crippen molar-refractivity contribution in [1.29, 1.82) is 0 Å². The van der Waals surface area contributed by atoms with Crippen molar-refractivity contribution in [1.82, 2.24) is 9.88 Å². The molecule has 0 spiro atoms. The average Bonchev–Trinajstić information content (AvgIpc) is 2.44. The van der Waals surface area contributed by atoms with Crippen LogP contribution in [0.2, 0.25) is 0 Å². The molecule has 0 saturated carbocycles. The Morgan fingerprint density at radius 2 is 2.53 bits per heavy atom. The van der Waals surface area contributed by atoms with Gasteiger partial charge in [-0.05, 0) is 13.0 Å². The van der Waals surface area contributed by atoms with Crippen molar-refractivity contribution < 1.29 is 14.6 Å². The van der Waals surface area contributed by atoms with Gasteiger partial charge in [0, 0.05) is 25.5 Å². The summed E-state index contributed by atoms with van der Waals surface area (Å²) in [6.07, 6.45) is 3.16. The number of ether oxygens (including phenoxy) is 1. The third-order valence-corrected chi connectivity index (χ3v) is 2.88. The number of aromatic nitrogens is 1. The fraction of sp³-hybridized carbons (Fsp3) is 0.429. The quantitative estimate of drug-likeness (QED) is 0.737. The van der Waals surface area contributed by atoms with Crippen molar-refractivity contribution in [2.45, 2.75) is 13.0 Å². The highest BCUT2D eigenvalue weighted by Gasteiger charge is 2.23. The normalized spacial score (nSPS) is 18.6. The predicted molar refractivity (Wildman–Crippen MR) is 69.5 cm³/mol. The number of amides is 1. The van der Waals surface area contributed by atoms with E-state index in [1.807, 2.05) is 6.92 Å². The molecule has 1 fully saturated rings. The van der Waals surface area contributed by atoms with E-state index in [4.69, 9.17) is 9.84 Å². The second kappa shape index (κ2) is 6.32. The van der Waals surface area contributed by atoms with E-state index in [9.17, 15) is 4.79 Å². The summed E-state index contributed by atoms with van der Waals surface area (Å²) in [7, 11) is 0. The highest BCUT2D eigenvalue weighted by Crippen LogP contribution is 2.13. The summed E-state index contributed by atoms with van der Waals surface area (Å²) in [5.74, 6) is 5.22. The topological polar surface area (TPSA) is 62.7 Å². The number of hydrogen-bond donors (Lipinski definition) is 1. The van der Waals surface area contributed by atoms with Gasteiger partial charge < -0.3 is 14.7 Å². The third-order valence-electron chi connectivity index (χ3n) is 2.88. The van der Waals surface area contributed by atoms with Gasteiger partial charge in [0.1, 0.15) is 6.61 Å². The van der Waals surface area contributed by atoms with Gasteiger partial charge in [0.05, 0.1) is 23.8 Å². The van der Waals surface area contributed by atoms with Gasteiger partial charge in [-0.1, -0.05) is 11.8 Å². The zero-order valence-corrected chi connectivity index (χ0v) is 10.8. The summed E-state index contributed by atoms with van der Waals surface area (Å²) in [4.78, 5) is 18.2. The minimum Gasteiger partial charge on any atom is -0.384 e. The standard InChI is InChI=1S/C14H16N2O3/c1-11-10-16(6-8-19-11)14(18)13-4-5-15-9-12(13)3-2-7-17/h4-5,9,11,17H,6-8,10H2,1H3. The molecule has 1 aliphatic heterocycles. The van der Waals surface area contributed by atoms with E-state index in [2.05, 4.69) is 16.8 Å². The van der Waals surface area contributed by atoms with Crippen LogP contribution in [0.5, 0.6) is 0 Å². The first-order valence-corrected chi connectivity index (χ1v) is 6.17. The molecule has 2 rings (SSSR count). The van der Waals surface area contributed by atoms with Crippen LogP contribution in [0.15, 0.2) is 18.5 Å². The number of hydrogen-bond acceptors (Lipinski definition) is 4. The van der Waals surface area contributed by atoms with E-state index in [1.54, 1.807) is 23.4 Å². The lowest BCUT2D eigenvalue weighted by Gasteiger charge is -2.31. The van der Waals surface area contributed by atoms with Crippen molar-refractivity contribution in [2.24, 2.45) is 0 Å². The molecule has 5 nitrogen and oxygen atoms in total. The van der Waals surface area contributed by atoms with E-state index in [0.29, 0.717) is 30.8 Å². The predicted octanol–water partition coefficient (Wildman–Crippen LogP) is 0.286. The largest absolute Gasteiger partial charge is 0.384 e. The second-order valence-electron chi connectivity index (χ2n) is 4.31. The van der Waals surface area contributed by atoms with Gasteiger partial charge in [-0.15, -0.1) is 0 Å². The molecule has 1 N–H and O–H groups in total. The molecule has 0 aromatic carbocycles. The summed E-state index contributed by atoms with van der Waals surface area (Å²) in [5.41, 5.74) is 1.06. The summed E-state index contributed by atoms with van der Waals surface area (Å²) >= 11 is 0. The van der Waals surface area contributed by atoms with Crippen molar-refractivity contribution in [2.75, 3.05) is 26.3 Å². The molecular weight excluding hydrogens is 244 g/mol. The van der Waals surface area contributed by atoms with Gasteiger partial charge in [0.25, 0.3) is 5.91 Å². The Morgan fingerprint density at radius 3 is 3.26 bits per heavy atom. The summed E-state index contributed by atoms with van der Waals surface area (Å²) in [5, 5.41) is 8.73. The molecule has 0 radical (unpaired) electrons. The van der Waals surface area contributed by atoms with E-state index < -0.39 is 0 Å². The molecule has 2 heterocycles. The molecule has 1 aromatic rings. The SMILES string of the molecule is CC1CN(C(=O)c2ccncc2C#CCO)CCO1. The number of carbonyl (C=O) groups is 1. The number of aliphatic hydroxyl groups excluding tert-OH is 1. The molecule has 19 heavy (non-hydrogen) atoms. The Bertz CT molecular complexity index is 519. The van der Waals surface area contributed by atoms with Crippen LogP contribution in [0.4, 0.5) is 0 Å². The molecule has 1 unspecified atom stereocenters. The Hall–Kier alpha value is -1.90. The molecular formula is C14H16N2O3. The van der Waals surface area contributed by atoms with E-state index in [-0.39, 0.29) is 18.6 Å². The van der Waals surface area contributed by atoms with Gasteiger partial charge in [-0.3, -0.25) is 9.78 Å². The average molecular weight is 260 g/mol. The van der Waals surface area contributed by atoms with E-state index in [1.165, 1.54) is 0 Å². The lowest BCUT2D eigenvalue weighted by molar-refractivity contribution is -0.0124. The highest BCUT2D eigenvalue weighted by atomic mass is 16.5. The molecule has 1 saturated heterocycles. The molecule has 1 amide bonds. The van der Waals surface area contributed by atoms with Crippen LogP contribution in [-0.2, 0) is 4.74 Å². The van der Waals surface area contributed by atoms with Gasteiger partial charge >= 0.3 is 0 Å². The van der Waals surface area contributed by atoms with Crippen LogP contribution in [0, 0.1) is 11.8 Å². The van der Waals surface area contributed by atoms with Crippen molar-refractivity contribution >= 4 is 5.91 Å². The Labute approximate surface area is 112 Å². The number of pyridine rings is 1. The summed E-state index contributed by atoms with van der Waals surface area (Å²) in [6.45, 7) is 3.41.